The number of carbonyl (C=O) groups is 1. The average molecular weight is 131 g/mol. The quantitative estimate of drug-likeness (QED) is 0.503. The van der Waals surface area contributed by atoms with Gasteiger partial charge < -0.3 is 10.1 Å². The molecule has 0 aromatic heterocycles. The van der Waals surface area contributed by atoms with Crippen molar-refractivity contribution >= 4 is 18.0 Å². The maximum Gasteiger partial charge on any atom is 0.137 e. The monoisotopic (exact) mass is 131 g/mol. The number of aldehydes is 1. The maximum absolute atomic E-state index is 10.1. The summed E-state index contributed by atoms with van der Waals surface area (Å²) in [4.78, 5) is 10.1. The van der Waals surface area contributed by atoms with E-state index in [2.05, 4.69) is 5.32 Å². The molecule has 0 aromatic rings. The van der Waals surface area contributed by atoms with Crippen molar-refractivity contribution in [3.63, 3.8) is 0 Å². The third kappa shape index (κ3) is 1.49. The number of carbonyl (C=O) groups excluding carboxylic acids is 1. The molecule has 1 aliphatic heterocycles. The molecule has 3 heteroatoms. The van der Waals surface area contributed by atoms with Gasteiger partial charge in [-0.3, -0.25) is 0 Å². The van der Waals surface area contributed by atoms with E-state index in [0.717, 1.165) is 24.3 Å². The molecule has 1 rings (SSSR count). The Balaban J connectivity index is 2.22. The first-order valence-corrected chi connectivity index (χ1v) is 3.85. The Hall–Kier alpha value is -0.0200. The van der Waals surface area contributed by atoms with Crippen LogP contribution in [0.5, 0.6) is 0 Å². The molecule has 0 radical (unpaired) electrons. The SMILES string of the molecule is O=CC1CSCCN1. The fourth-order valence-electron chi connectivity index (χ4n) is 0.673. The molecule has 1 saturated heterocycles. The highest BCUT2D eigenvalue weighted by Gasteiger charge is 2.09. The van der Waals surface area contributed by atoms with E-state index >= 15 is 0 Å². The molecule has 1 N–H and O–H groups in total. The van der Waals surface area contributed by atoms with Crippen LogP contribution in [0.3, 0.4) is 0 Å². The van der Waals surface area contributed by atoms with E-state index in [4.69, 9.17) is 0 Å². The second kappa shape index (κ2) is 3.10. The zero-order chi connectivity index (χ0) is 5.82. The second-order valence-corrected chi connectivity index (χ2v) is 2.92. The first-order valence-electron chi connectivity index (χ1n) is 2.70. The first kappa shape index (κ1) is 6.11. The van der Waals surface area contributed by atoms with Gasteiger partial charge in [-0.25, -0.2) is 0 Å². The summed E-state index contributed by atoms with van der Waals surface area (Å²) in [7, 11) is 0. The van der Waals surface area contributed by atoms with Gasteiger partial charge >= 0.3 is 0 Å². The molecule has 0 bridgehead atoms. The molecule has 0 saturated carbocycles. The van der Waals surface area contributed by atoms with Crippen LogP contribution < -0.4 is 5.32 Å². The van der Waals surface area contributed by atoms with E-state index in [0.29, 0.717) is 0 Å². The van der Waals surface area contributed by atoms with E-state index in [1.165, 1.54) is 0 Å². The summed E-state index contributed by atoms with van der Waals surface area (Å²) in [6.07, 6.45) is 0.978. The highest BCUT2D eigenvalue weighted by atomic mass is 32.2. The van der Waals surface area contributed by atoms with E-state index in [-0.39, 0.29) is 6.04 Å². The molecular formula is C5H9NOS. The van der Waals surface area contributed by atoms with Crippen LogP contribution in [0.1, 0.15) is 0 Å². The summed E-state index contributed by atoms with van der Waals surface area (Å²) >= 11 is 1.83. The normalized spacial score (nSPS) is 29.8. The van der Waals surface area contributed by atoms with Gasteiger partial charge in [-0.2, -0.15) is 11.8 Å². The van der Waals surface area contributed by atoms with Crippen molar-refractivity contribution < 1.29 is 4.79 Å². The van der Waals surface area contributed by atoms with Crippen molar-refractivity contribution in [3.05, 3.63) is 0 Å². The maximum atomic E-state index is 10.1. The van der Waals surface area contributed by atoms with Crippen molar-refractivity contribution in [2.24, 2.45) is 0 Å². The molecule has 0 amide bonds. The van der Waals surface area contributed by atoms with Gasteiger partial charge in [0.1, 0.15) is 6.29 Å². The molecule has 1 atom stereocenters. The van der Waals surface area contributed by atoms with Gasteiger partial charge in [0.15, 0.2) is 0 Å². The van der Waals surface area contributed by atoms with Gasteiger partial charge in [-0.05, 0) is 0 Å². The lowest BCUT2D eigenvalue weighted by Gasteiger charge is -2.16. The summed E-state index contributed by atoms with van der Waals surface area (Å²) in [5.41, 5.74) is 0. The Morgan fingerprint density at radius 2 is 2.62 bits per heavy atom. The van der Waals surface area contributed by atoms with Gasteiger partial charge in [-0.15, -0.1) is 0 Å². The van der Waals surface area contributed by atoms with E-state index in [1.807, 2.05) is 11.8 Å². The topological polar surface area (TPSA) is 29.1 Å². The molecular weight excluding hydrogens is 122 g/mol. The van der Waals surface area contributed by atoms with Gasteiger partial charge in [0.25, 0.3) is 0 Å². The van der Waals surface area contributed by atoms with E-state index in [9.17, 15) is 4.79 Å². The summed E-state index contributed by atoms with van der Waals surface area (Å²) < 4.78 is 0. The second-order valence-electron chi connectivity index (χ2n) is 1.77. The van der Waals surface area contributed by atoms with E-state index in [1.54, 1.807) is 0 Å². The third-order valence-electron chi connectivity index (χ3n) is 1.11. The minimum Gasteiger partial charge on any atom is -0.306 e. The molecule has 2 nitrogen and oxygen atoms in total. The minimum absolute atomic E-state index is 0.119. The van der Waals surface area contributed by atoms with Crippen LogP contribution in [0.15, 0.2) is 0 Å². The molecule has 0 spiro atoms. The van der Waals surface area contributed by atoms with Crippen LogP contribution in [0, 0.1) is 0 Å². The standard InChI is InChI=1S/C5H9NOS/c7-3-5-4-8-2-1-6-5/h3,5-6H,1-2,4H2. The summed E-state index contributed by atoms with van der Waals surface area (Å²) in [5, 5.41) is 3.08. The van der Waals surface area contributed by atoms with Crippen LogP contribution in [-0.4, -0.2) is 30.4 Å². The van der Waals surface area contributed by atoms with Crippen LogP contribution >= 0.6 is 11.8 Å². The lowest BCUT2D eigenvalue weighted by atomic mass is 10.4. The van der Waals surface area contributed by atoms with Crippen LogP contribution in [0.2, 0.25) is 0 Å². The highest BCUT2D eigenvalue weighted by Crippen LogP contribution is 2.04. The Morgan fingerprint density at radius 1 is 1.75 bits per heavy atom. The summed E-state index contributed by atoms with van der Waals surface area (Å²) in [5.74, 6) is 2.09. The average Bonchev–Trinajstić information content (AvgIpc) is 1.90. The largest absolute Gasteiger partial charge is 0.306 e. The number of thioether (sulfide) groups is 1. The molecule has 1 unspecified atom stereocenters. The lowest BCUT2D eigenvalue weighted by molar-refractivity contribution is -0.109. The van der Waals surface area contributed by atoms with E-state index < -0.39 is 0 Å². The van der Waals surface area contributed by atoms with Crippen LogP contribution in [0.4, 0.5) is 0 Å². The van der Waals surface area contributed by atoms with Crippen LogP contribution in [0.25, 0.3) is 0 Å². The van der Waals surface area contributed by atoms with Gasteiger partial charge in [0.2, 0.25) is 0 Å². The van der Waals surface area contributed by atoms with Crippen molar-refractivity contribution in [2.45, 2.75) is 6.04 Å². The Kier molecular flexibility index (Phi) is 2.36. The summed E-state index contributed by atoms with van der Waals surface area (Å²) in [6, 6.07) is 0.119. The fourth-order valence-corrected chi connectivity index (χ4v) is 1.55. The van der Waals surface area contributed by atoms with Crippen molar-refractivity contribution in [3.8, 4) is 0 Å². The molecule has 1 aliphatic rings. The van der Waals surface area contributed by atoms with Gasteiger partial charge in [-0.1, -0.05) is 0 Å². The number of hydrogen-bond donors (Lipinski definition) is 1. The van der Waals surface area contributed by atoms with Crippen molar-refractivity contribution in [1.29, 1.82) is 0 Å². The third-order valence-corrected chi connectivity index (χ3v) is 2.20. The molecule has 0 aromatic carbocycles. The zero-order valence-electron chi connectivity index (χ0n) is 4.59. The Labute approximate surface area is 53.0 Å². The molecule has 1 heterocycles. The predicted molar refractivity (Wildman–Crippen MR) is 35.2 cm³/mol. The number of hydrogen-bond acceptors (Lipinski definition) is 3. The van der Waals surface area contributed by atoms with Gasteiger partial charge in [0.05, 0.1) is 6.04 Å². The predicted octanol–water partition coefficient (Wildman–Crippen LogP) is -0.110. The molecule has 46 valence electrons. The first-order chi connectivity index (χ1) is 3.93. The fraction of sp³-hybridized carbons (Fsp3) is 0.800. The van der Waals surface area contributed by atoms with Crippen molar-refractivity contribution in [1.82, 2.24) is 5.32 Å². The molecule has 8 heavy (non-hydrogen) atoms. The highest BCUT2D eigenvalue weighted by molar-refractivity contribution is 7.99. The zero-order valence-corrected chi connectivity index (χ0v) is 5.41. The molecule has 1 fully saturated rings. The Morgan fingerprint density at radius 3 is 3.00 bits per heavy atom. The number of nitrogens with one attached hydrogen (secondary N) is 1. The number of rotatable bonds is 1. The van der Waals surface area contributed by atoms with Gasteiger partial charge in [0, 0.05) is 18.1 Å². The van der Waals surface area contributed by atoms with Crippen molar-refractivity contribution in [2.75, 3.05) is 18.1 Å². The minimum atomic E-state index is 0.119. The summed E-state index contributed by atoms with van der Waals surface area (Å²) in [6.45, 7) is 0.980. The smallest absolute Gasteiger partial charge is 0.137 e. The Bertz CT molecular complexity index is 80.5. The van der Waals surface area contributed by atoms with Crippen LogP contribution in [-0.2, 0) is 4.79 Å². The lowest BCUT2D eigenvalue weighted by Crippen LogP contribution is -2.38. The molecule has 0 aliphatic carbocycles.